The number of nitrogens with one attached hydrogen (secondary N) is 1. The van der Waals surface area contributed by atoms with Gasteiger partial charge in [0.2, 0.25) is 10.0 Å². The minimum absolute atomic E-state index is 0.215. The molecule has 7 nitrogen and oxygen atoms in total. The molecule has 9 heteroatoms. The Kier molecular flexibility index (Phi) is 5.77. The van der Waals surface area contributed by atoms with Crippen molar-refractivity contribution in [3.8, 4) is 10.8 Å². The van der Waals surface area contributed by atoms with Crippen molar-refractivity contribution in [3.05, 3.63) is 58.3 Å². The van der Waals surface area contributed by atoms with E-state index in [9.17, 15) is 13.2 Å². The van der Waals surface area contributed by atoms with Crippen LogP contribution in [-0.2, 0) is 16.6 Å². The molecule has 1 aliphatic rings. The molecule has 0 atom stereocenters. The Morgan fingerprint density at radius 1 is 1.13 bits per heavy atom. The summed E-state index contributed by atoms with van der Waals surface area (Å²) in [6.45, 7) is 5.11. The summed E-state index contributed by atoms with van der Waals surface area (Å²) in [5, 5.41) is 3.55. The van der Waals surface area contributed by atoms with Gasteiger partial charge >= 0.3 is 0 Å². The molecule has 2 aromatic heterocycles. The first kappa shape index (κ1) is 20.8. The maximum atomic E-state index is 12.6. The van der Waals surface area contributed by atoms with Gasteiger partial charge in [-0.2, -0.15) is 4.31 Å². The lowest BCUT2D eigenvalue weighted by molar-refractivity contribution is 0.0954. The first-order chi connectivity index (χ1) is 14.3. The molecule has 4 rings (SSSR count). The quantitative estimate of drug-likeness (QED) is 0.624. The molecule has 0 spiro atoms. The van der Waals surface area contributed by atoms with Crippen LogP contribution >= 0.6 is 11.3 Å². The van der Waals surface area contributed by atoms with Crippen LogP contribution in [-0.4, -0.2) is 36.7 Å². The standard InChI is InChI=1S/C21H23N3O4S2/c1-14-5-10-18(28-14)21-23-15(2)19(29-21)20(25)22-13-16-6-8-17(9-7-16)30(26,27)24-11-3-4-12-24/h5-10H,3-4,11-13H2,1-2H3,(H,22,25). The molecule has 1 aliphatic heterocycles. The summed E-state index contributed by atoms with van der Waals surface area (Å²) < 4.78 is 32.3. The highest BCUT2D eigenvalue weighted by molar-refractivity contribution is 7.89. The number of thiazole rings is 1. The summed E-state index contributed by atoms with van der Waals surface area (Å²) in [7, 11) is -3.43. The number of aryl methyl sites for hydroxylation is 2. The number of sulfonamides is 1. The van der Waals surface area contributed by atoms with Gasteiger partial charge in [0.25, 0.3) is 5.91 Å². The summed E-state index contributed by atoms with van der Waals surface area (Å²) in [6, 6.07) is 10.4. The molecule has 3 heterocycles. The average molecular weight is 446 g/mol. The van der Waals surface area contributed by atoms with E-state index in [2.05, 4.69) is 10.3 Å². The molecular formula is C21H23N3O4S2. The van der Waals surface area contributed by atoms with Crippen LogP contribution in [0.15, 0.2) is 45.7 Å². The van der Waals surface area contributed by atoms with Gasteiger partial charge < -0.3 is 9.73 Å². The van der Waals surface area contributed by atoms with Gasteiger partial charge in [0.15, 0.2) is 10.8 Å². The minimum atomic E-state index is -3.43. The van der Waals surface area contributed by atoms with Crippen molar-refractivity contribution >= 4 is 27.3 Å². The second-order valence-electron chi connectivity index (χ2n) is 7.28. The van der Waals surface area contributed by atoms with Crippen molar-refractivity contribution in [1.82, 2.24) is 14.6 Å². The highest BCUT2D eigenvalue weighted by atomic mass is 32.2. The third-order valence-corrected chi connectivity index (χ3v) is 8.12. The van der Waals surface area contributed by atoms with Crippen molar-refractivity contribution in [2.75, 3.05) is 13.1 Å². The van der Waals surface area contributed by atoms with E-state index >= 15 is 0 Å². The van der Waals surface area contributed by atoms with E-state index in [0.29, 0.717) is 41.0 Å². The molecule has 0 bridgehead atoms. The topological polar surface area (TPSA) is 92.5 Å². The second-order valence-corrected chi connectivity index (χ2v) is 10.2. The van der Waals surface area contributed by atoms with Crippen molar-refractivity contribution in [3.63, 3.8) is 0 Å². The Morgan fingerprint density at radius 2 is 1.83 bits per heavy atom. The zero-order valence-corrected chi connectivity index (χ0v) is 18.5. The highest BCUT2D eigenvalue weighted by Crippen LogP contribution is 2.29. The van der Waals surface area contributed by atoms with Gasteiger partial charge in [-0.15, -0.1) is 11.3 Å². The first-order valence-corrected chi connectivity index (χ1v) is 12.0. The summed E-state index contributed by atoms with van der Waals surface area (Å²) in [6.07, 6.45) is 1.81. The number of carbonyl (C=O) groups is 1. The van der Waals surface area contributed by atoms with Crippen LogP contribution in [0.25, 0.3) is 10.8 Å². The summed E-state index contributed by atoms with van der Waals surface area (Å²) in [4.78, 5) is 17.9. The number of hydrogen-bond donors (Lipinski definition) is 1. The fourth-order valence-corrected chi connectivity index (χ4v) is 5.84. The van der Waals surface area contributed by atoms with Crippen LogP contribution in [0.4, 0.5) is 0 Å². The molecule has 158 valence electrons. The van der Waals surface area contributed by atoms with Gasteiger partial charge in [0, 0.05) is 19.6 Å². The van der Waals surface area contributed by atoms with Gasteiger partial charge in [0.05, 0.1) is 10.6 Å². The fraction of sp³-hybridized carbons (Fsp3) is 0.333. The SMILES string of the molecule is Cc1ccc(-c2nc(C)c(C(=O)NCc3ccc(S(=O)(=O)N4CCCC4)cc3)s2)o1. The van der Waals surface area contributed by atoms with Crippen molar-refractivity contribution in [2.24, 2.45) is 0 Å². The van der Waals surface area contributed by atoms with Gasteiger partial charge in [-0.25, -0.2) is 13.4 Å². The third kappa shape index (κ3) is 4.19. The van der Waals surface area contributed by atoms with Gasteiger partial charge in [-0.3, -0.25) is 4.79 Å². The molecule has 0 aliphatic carbocycles. The number of nitrogens with zero attached hydrogens (tertiary/aromatic N) is 2. The van der Waals surface area contributed by atoms with Crippen molar-refractivity contribution in [2.45, 2.75) is 38.1 Å². The Balaban J connectivity index is 1.41. The lowest BCUT2D eigenvalue weighted by atomic mass is 10.2. The van der Waals surface area contributed by atoms with E-state index in [-0.39, 0.29) is 10.8 Å². The highest BCUT2D eigenvalue weighted by Gasteiger charge is 2.27. The van der Waals surface area contributed by atoms with Crippen LogP contribution in [0.5, 0.6) is 0 Å². The average Bonchev–Trinajstić information content (AvgIpc) is 3.47. The number of furan rings is 1. The van der Waals surface area contributed by atoms with Crippen LogP contribution in [0, 0.1) is 13.8 Å². The zero-order valence-electron chi connectivity index (χ0n) is 16.8. The maximum Gasteiger partial charge on any atom is 0.263 e. The predicted octanol–water partition coefficient (Wildman–Crippen LogP) is 3.73. The van der Waals surface area contributed by atoms with E-state index < -0.39 is 10.0 Å². The van der Waals surface area contributed by atoms with Crippen LogP contribution in [0.3, 0.4) is 0 Å². The number of benzene rings is 1. The normalized spacial score (nSPS) is 14.9. The fourth-order valence-electron chi connectivity index (χ4n) is 3.38. The molecule has 0 unspecified atom stereocenters. The minimum Gasteiger partial charge on any atom is -0.459 e. The van der Waals surface area contributed by atoms with Crippen molar-refractivity contribution < 1.29 is 17.6 Å². The predicted molar refractivity (Wildman–Crippen MR) is 115 cm³/mol. The smallest absolute Gasteiger partial charge is 0.263 e. The Bertz CT molecular complexity index is 1160. The Hall–Kier alpha value is -2.49. The third-order valence-electron chi connectivity index (χ3n) is 5.03. The molecule has 1 N–H and O–H groups in total. The molecule has 0 radical (unpaired) electrons. The summed E-state index contributed by atoms with van der Waals surface area (Å²) in [5.74, 6) is 1.22. The molecule has 1 amide bonds. The first-order valence-electron chi connectivity index (χ1n) is 9.76. The summed E-state index contributed by atoms with van der Waals surface area (Å²) >= 11 is 1.29. The molecular weight excluding hydrogens is 422 g/mol. The van der Waals surface area contributed by atoms with E-state index in [4.69, 9.17) is 4.42 Å². The number of carbonyl (C=O) groups excluding carboxylic acids is 1. The molecule has 1 aromatic carbocycles. The van der Waals surface area contributed by atoms with Gasteiger partial charge in [0.1, 0.15) is 10.6 Å². The Labute approximate surface area is 179 Å². The lowest BCUT2D eigenvalue weighted by Crippen LogP contribution is -2.27. The zero-order chi connectivity index (χ0) is 21.3. The van der Waals surface area contributed by atoms with Crippen molar-refractivity contribution in [1.29, 1.82) is 0 Å². The van der Waals surface area contributed by atoms with Gasteiger partial charge in [-0.1, -0.05) is 12.1 Å². The van der Waals surface area contributed by atoms with E-state index in [0.717, 1.165) is 24.2 Å². The largest absolute Gasteiger partial charge is 0.459 e. The van der Waals surface area contributed by atoms with E-state index in [1.54, 1.807) is 31.2 Å². The van der Waals surface area contributed by atoms with E-state index in [1.165, 1.54) is 15.6 Å². The molecule has 1 fully saturated rings. The number of aromatic nitrogens is 1. The maximum absolute atomic E-state index is 12.6. The molecule has 30 heavy (non-hydrogen) atoms. The van der Waals surface area contributed by atoms with Crippen LogP contribution in [0.2, 0.25) is 0 Å². The second kappa shape index (κ2) is 8.33. The number of hydrogen-bond acceptors (Lipinski definition) is 6. The van der Waals surface area contributed by atoms with Crippen LogP contribution < -0.4 is 5.32 Å². The molecule has 0 saturated carbocycles. The summed E-state index contributed by atoms with van der Waals surface area (Å²) in [5.41, 5.74) is 1.47. The van der Waals surface area contributed by atoms with Gasteiger partial charge in [-0.05, 0) is 56.5 Å². The molecule has 1 saturated heterocycles. The number of amides is 1. The lowest BCUT2D eigenvalue weighted by Gasteiger charge is -2.15. The van der Waals surface area contributed by atoms with Crippen LogP contribution in [0.1, 0.15) is 39.5 Å². The monoisotopic (exact) mass is 445 g/mol. The molecule has 3 aromatic rings. The Morgan fingerprint density at radius 3 is 2.47 bits per heavy atom. The van der Waals surface area contributed by atoms with E-state index in [1.807, 2.05) is 19.1 Å². The number of rotatable bonds is 6.